The van der Waals surface area contributed by atoms with E-state index in [1.54, 1.807) is 30.3 Å². The van der Waals surface area contributed by atoms with Crippen LogP contribution in [0.25, 0.3) is 0 Å². The average molecular weight is 543 g/mol. The van der Waals surface area contributed by atoms with Gasteiger partial charge in [0.2, 0.25) is 0 Å². The molecule has 0 fully saturated rings. The van der Waals surface area contributed by atoms with Gasteiger partial charge in [-0.25, -0.2) is 4.79 Å². The molecular formula is C28H29F3N4O4. The number of urea groups is 1. The van der Waals surface area contributed by atoms with Crippen LogP contribution in [0.15, 0.2) is 60.8 Å². The third kappa shape index (κ3) is 7.47. The number of pyridine rings is 1. The number of anilines is 2. The normalized spacial score (nSPS) is 12.8. The standard InChI is InChI=1S/C28H29F3N4O4/c1-18(2)38-14-4-11-33-26(36)24-17-23(9-12-32-24)39-22-7-8-25-19(15-22)10-13-35(25)27(37)34-21-6-3-5-20(16-21)28(29,30)31/h3,5-9,12,15-18H,4,10-11,13-14H2,1-2H3,(H,33,36)(H,34,37). The van der Waals surface area contributed by atoms with Gasteiger partial charge in [0.05, 0.1) is 11.7 Å². The van der Waals surface area contributed by atoms with Crippen LogP contribution in [0.1, 0.15) is 41.9 Å². The van der Waals surface area contributed by atoms with E-state index < -0.39 is 17.8 Å². The maximum absolute atomic E-state index is 13.0. The lowest BCUT2D eigenvalue weighted by Crippen LogP contribution is -2.33. The van der Waals surface area contributed by atoms with E-state index in [1.807, 2.05) is 13.8 Å². The van der Waals surface area contributed by atoms with Gasteiger partial charge >= 0.3 is 12.2 Å². The van der Waals surface area contributed by atoms with Gasteiger partial charge in [0, 0.05) is 43.3 Å². The van der Waals surface area contributed by atoms with Gasteiger partial charge < -0.3 is 20.1 Å². The highest BCUT2D eigenvalue weighted by Crippen LogP contribution is 2.34. The zero-order chi connectivity index (χ0) is 28.0. The zero-order valence-corrected chi connectivity index (χ0v) is 21.5. The van der Waals surface area contributed by atoms with E-state index in [0.717, 1.165) is 17.7 Å². The van der Waals surface area contributed by atoms with E-state index in [9.17, 15) is 22.8 Å². The Morgan fingerprint density at radius 1 is 1.08 bits per heavy atom. The van der Waals surface area contributed by atoms with Crippen molar-refractivity contribution in [1.29, 1.82) is 0 Å². The fraction of sp³-hybridized carbons (Fsp3) is 0.321. The maximum Gasteiger partial charge on any atom is 0.416 e. The number of halogens is 3. The lowest BCUT2D eigenvalue weighted by molar-refractivity contribution is -0.137. The Morgan fingerprint density at radius 3 is 2.64 bits per heavy atom. The van der Waals surface area contributed by atoms with Gasteiger partial charge in [-0.1, -0.05) is 6.07 Å². The molecule has 0 saturated carbocycles. The largest absolute Gasteiger partial charge is 0.457 e. The molecule has 3 aromatic rings. The van der Waals surface area contributed by atoms with Crippen LogP contribution < -0.4 is 20.3 Å². The molecule has 39 heavy (non-hydrogen) atoms. The number of fused-ring (bicyclic) bond motifs is 1. The van der Waals surface area contributed by atoms with E-state index in [4.69, 9.17) is 9.47 Å². The van der Waals surface area contributed by atoms with E-state index in [-0.39, 0.29) is 23.4 Å². The topological polar surface area (TPSA) is 92.8 Å². The molecule has 3 amide bonds. The Kier molecular flexibility index (Phi) is 8.70. The second-order valence-corrected chi connectivity index (χ2v) is 9.21. The first kappa shape index (κ1) is 27.9. The number of alkyl halides is 3. The molecular weight excluding hydrogens is 513 g/mol. The molecule has 0 radical (unpaired) electrons. The van der Waals surface area contributed by atoms with Crippen molar-refractivity contribution >= 4 is 23.3 Å². The van der Waals surface area contributed by atoms with Gasteiger partial charge in [-0.15, -0.1) is 0 Å². The first-order valence-corrected chi connectivity index (χ1v) is 12.5. The number of nitrogens with zero attached hydrogens (tertiary/aromatic N) is 2. The first-order chi connectivity index (χ1) is 18.6. The Morgan fingerprint density at radius 2 is 1.87 bits per heavy atom. The van der Waals surface area contributed by atoms with Gasteiger partial charge in [0.1, 0.15) is 17.2 Å². The predicted octanol–water partition coefficient (Wildman–Crippen LogP) is 6.03. The van der Waals surface area contributed by atoms with Crippen LogP contribution in [0.2, 0.25) is 0 Å². The minimum Gasteiger partial charge on any atom is -0.457 e. The van der Waals surface area contributed by atoms with Gasteiger partial charge in [0.15, 0.2) is 0 Å². The van der Waals surface area contributed by atoms with Crippen molar-refractivity contribution in [3.8, 4) is 11.5 Å². The second kappa shape index (κ2) is 12.2. The number of rotatable bonds is 9. The smallest absolute Gasteiger partial charge is 0.416 e. The van der Waals surface area contributed by atoms with Crippen LogP contribution in [0, 0.1) is 0 Å². The summed E-state index contributed by atoms with van der Waals surface area (Å²) in [5.74, 6) is 0.619. The van der Waals surface area contributed by atoms with E-state index in [2.05, 4.69) is 15.6 Å². The van der Waals surface area contributed by atoms with Gasteiger partial charge in [-0.3, -0.25) is 14.7 Å². The third-order valence-corrected chi connectivity index (χ3v) is 5.89. The number of aromatic nitrogens is 1. The lowest BCUT2D eigenvalue weighted by Gasteiger charge is -2.19. The zero-order valence-electron chi connectivity index (χ0n) is 21.5. The predicted molar refractivity (Wildman–Crippen MR) is 140 cm³/mol. The summed E-state index contributed by atoms with van der Waals surface area (Å²) in [6, 6.07) is 12.4. The van der Waals surface area contributed by atoms with Crippen LogP contribution >= 0.6 is 0 Å². The van der Waals surface area contributed by atoms with E-state index >= 15 is 0 Å². The number of carbonyl (C=O) groups is 2. The molecule has 0 unspecified atom stereocenters. The minimum absolute atomic E-state index is 0.0599. The van der Waals surface area contributed by atoms with Crippen molar-refractivity contribution in [3.05, 3.63) is 77.6 Å². The molecule has 8 nitrogen and oxygen atoms in total. The van der Waals surface area contributed by atoms with Crippen LogP contribution in [0.4, 0.5) is 29.3 Å². The molecule has 0 bridgehead atoms. The van der Waals surface area contributed by atoms with Crippen LogP contribution in [0.3, 0.4) is 0 Å². The summed E-state index contributed by atoms with van der Waals surface area (Å²) in [5.41, 5.74) is 0.933. The number of hydrogen-bond donors (Lipinski definition) is 2. The molecule has 4 rings (SSSR count). The number of nitrogens with one attached hydrogen (secondary N) is 2. The Labute approximate surface area is 224 Å². The highest BCUT2D eigenvalue weighted by molar-refractivity contribution is 6.03. The number of amides is 3. The molecule has 1 aromatic heterocycles. The monoisotopic (exact) mass is 542 g/mol. The summed E-state index contributed by atoms with van der Waals surface area (Å²) in [4.78, 5) is 30.8. The van der Waals surface area contributed by atoms with Crippen molar-refractivity contribution in [2.45, 2.75) is 39.0 Å². The molecule has 0 saturated heterocycles. The quantitative estimate of drug-likeness (QED) is 0.322. The highest BCUT2D eigenvalue weighted by Gasteiger charge is 2.31. The summed E-state index contributed by atoms with van der Waals surface area (Å²) in [5, 5.41) is 5.34. The molecule has 0 atom stereocenters. The van der Waals surface area contributed by atoms with Crippen molar-refractivity contribution in [2.24, 2.45) is 0 Å². The summed E-state index contributed by atoms with van der Waals surface area (Å²) in [6.07, 6.45) is -1.64. The fourth-order valence-corrected chi connectivity index (χ4v) is 4.04. The minimum atomic E-state index is -4.50. The summed E-state index contributed by atoms with van der Waals surface area (Å²) >= 11 is 0. The van der Waals surface area contributed by atoms with Crippen molar-refractivity contribution in [3.63, 3.8) is 0 Å². The lowest BCUT2D eigenvalue weighted by atomic mass is 10.1. The summed E-state index contributed by atoms with van der Waals surface area (Å²) in [7, 11) is 0. The van der Waals surface area contributed by atoms with Crippen LogP contribution in [0.5, 0.6) is 11.5 Å². The molecule has 1 aliphatic heterocycles. The highest BCUT2D eigenvalue weighted by atomic mass is 19.4. The van der Waals surface area contributed by atoms with Crippen molar-refractivity contribution in [2.75, 3.05) is 29.9 Å². The molecule has 2 N–H and O–H groups in total. The van der Waals surface area contributed by atoms with Gasteiger partial charge in [-0.2, -0.15) is 13.2 Å². The van der Waals surface area contributed by atoms with Crippen molar-refractivity contribution in [1.82, 2.24) is 10.3 Å². The van der Waals surface area contributed by atoms with E-state index in [0.29, 0.717) is 49.7 Å². The Hall–Kier alpha value is -4.12. The first-order valence-electron chi connectivity index (χ1n) is 12.5. The van der Waals surface area contributed by atoms with Gasteiger partial charge in [0.25, 0.3) is 5.91 Å². The van der Waals surface area contributed by atoms with Crippen molar-refractivity contribution < 1.29 is 32.2 Å². The number of ether oxygens (including phenoxy) is 2. The number of benzene rings is 2. The molecule has 11 heteroatoms. The molecule has 2 aromatic carbocycles. The fourth-order valence-electron chi connectivity index (χ4n) is 4.04. The third-order valence-electron chi connectivity index (χ3n) is 5.89. The van der Waals surface area contributed by atoms with Crippen LogP contribution in [-0.2, 0) is 17.3 Å². The molecule has 206 valence electrons. The number of carbonyl (C=O) groups excluding carboxylic acids is 2. The van der Waals surface area contributed by atoms with Crippen LogP contribution in [-0.4, -0.2) is 42.7 Å². The average Bonchev–Trinajstić information content (AvgIpc) is 3.31. The number of hydrogen-bond acceptors (Lipinski definition) is 5. The maximum atomic E-state index is 13.0. The molecule has 0 aliphatic carbocycles. The Bertz CT molecular complexity index is 1330. The Balaban J connectivity index is 1.36. The molecule has 0 spiro atoms. The summed E-state index contributed by atoms with van der Waals surface area (Å²) < 4.78 is 50.4. The SMILES string of the molecule is CC(C)OCCCNC(=O)c1cc(Oc2ccc3c(c2)CCN3C(=O)Nc2cccc(C(F)(F)F)c2)ccn1. The second-order valence-electron chi connectivity index (χ2n) is 9.21. The molecule has 2 heterocycles. The van der Waals surface area contributed by atoms with Gasteiger partial charge in [-0.05, 0) is 74.7 Å². The summed E-state index contributed by atoms with van der Waals surface area (Å²) in [6.45, 7) is 5.28. The van der Waals surface area contributed by atoms with E-state index in [1.165, 1.54) is 23.2 Å². The molecule has 1 aliphatic rings.